The Labute approximate surface area is 220 Å². The first-order chi connectivity index (χ1) is 17.9. The smallest absolute Gasteiger partial charge is 0.226 e. The van der Waals surface area contributed by atoms with Gasteiger partial charge in [0.2, 0.25) is 5.91 Å². The lowest BCUT2D eigenvalue weighted by atomic mass is 9.96. The molecule has 0 radical (unpaired) electrons. The van der Waals surface area contributed by atoms with E-state index < -0.39 is 5.82 Å². The molecule has 0 aliphatic carbocycles. The predicted octanol–water partition coefficient (Wildman–Crippen LogP) is 5.28. The number of halogens is 1. The summed E-state index contributed by atoms with van der Waals surface area (Å²) in [6.07, 6.45) is 3.59. The van der Waals surface area contributed by atoms with Crippen LogP contribution < -0.4 is 10.6 Å². The maximum absolute atomic E-state index is 14.0. The number of nitrogens with one attached hydrogen (secondary N) is 2. The molecule has 1 amide bonds. The summed E-state index contributed by atoms with van der Waals surface area (Å²) in [5.41, 5.74) is 4.32. The molecule has 3 aromatic heterocycles. The second-order valence-electron chi connectivity index (χ2n) is 9.09. The Kier molecular flexibility index (Phi) is 7.05. The molecule has 0 spiro atoms. The topological polar surface area (TPSA) is 75.3 Å². The Morgan fingerprint density at radius 3 is 2.70 bits per heavy atom. The van der Waals surface area contributed by atoms with Gasteiger partial charge in [-0.15, -0.1) is 0 Å². The van der Waals surface area contributed by atoms with Crippen LogP contribution in [0.15, 0.2) is 77.5 Å². The number of carbonyl (C=O) groups is 1. The van der Waals surface area contributed by atoms with Crippen LogP contribution in [0.4, 0.5) is 10.1 Å². The van der Waals surface area contributed by atoms with Crippen molar-refractivity contribution in [2.24, 2.45) is 0 Å². The summed E-state index contributed by atoms with van der Waals surface area (Å²) in [5.74, 6) is 0.124. The standard InChI is InChI=1S/C28H28FN5O2S/c1-18-16-21(19(2)34(18)17-20-8-7-15-36-20)27-26(24-11-5-6-13-30-24)32-28(37)33(27)14-12-25(35)31-23-10-4-3-9-22(23)29/h3-11,13,15-16,26-27H,12,14,17H2,1-2H3,(H,31,35)(H,32,37)/t26-,27+/m1/s1. The van der Waals surface area contributed by atoms with Crippen LogP contribution in [-0.4, -0.2) is 32.0 Å². The predicted molar refractivity (Wildman–Crippen MR) is 144 cm³/mol. The number of aryl methyl sites for hydroxylation is 1. The number of carbonyl (C=O) groups excluding carboxylic acids is 1. The monoisotopic (exact) mass is 517 g/mol. The first-order valence-electron chi connectivity index (χ1n) is 12.1. The molecule has 4 heterocycles. The molecule has 190 valence electrons. The van der Waals surface area contributed by atoms with Gasteiger partial charge in [0.05, 0.1) is 36.3 Å². The average molecular weight is 518 g/mol. The van der Waals surface area contributed by atoms with Gasteiger partial charge >= 0.3 is 0 Å². The highest BCUT2D eigenvalue weighted by atomic mass is 32.1. The van der Waals surface area contributed by atoms with Crippen molar-refractivity contribution in [3.8, 4) is 0 Å². The molecule has 7 nitrogen and oxygen atoms in total. The number of amides is 1. The van der Waals surface area contributed by atoms with Crippen molar-refractivity contribution >= 4 is 28.9 Å². The van der Waals surface area contributed by atoms with E-state index in [2.05, 4.69) is 40.1 Å². The summed E-state index contributed by atoms with van der Waals surface area (Å²) in [4.78, 5) is 19.4. The second-order valence-corrected chi connectivity index (χ2v) is 9.48. The summed E-state index contributed by atoms with van der Waals surface area (Å²) >= 11 is 5.75. The number of para-hydroxylation sites is 1. The summed E-state index contributed by atoms with van der Waals surface area (Å²) in [5, 5.41) is 6.64. The lowest BCUT2D eigenvalue weighted by molar-refractivity contribution is -0.116. The van der Waals surface area contributed by atoms with Gasteiger partial charge in [-0.3, -0.25) is 9.78 Å². The first-order valence-corrected chi connectivity index (χ1v) is 12.5. The Balaban J connectivity index is 1.43. The van der Waals surface area contributed by atoms with Crippen LogP contribution in [0.2, 0.25) is 0 Å². The minimum Gasteiger partial charge on any atom is -0.467 e. The fourth-order valence-electron chi connectivity index (χ4n) is 4.91. The van der Waals surface area contributed by atoms with E-state index in [0.717, 1.165) is 28.4 Å². The molecule has 0 unspecified atom stereocenters. The molecule has 37 heavy (non-hydrogen) atoms. The third-order valence-electron chi connectivity index (χ3n) is 6.75. The van der Waals surface area contributed by atoms with Gasteiger partial charge < -0.3 is 24.5 Å². The molecule has 9 heteroatoms. The van der Waals surface area contributed by atoms with E-state index in [-0.39, 0.29) is 30.1 Å². The number of hydrogen-bond donors (Lipinski definition) is 2. The molecule has 4 aromatic rings. The lowest BCUT2D eigenvalue weighted by Crippen LogP contribution is -2.33. The number of anilines is 1. The second kappa shape index (κ2) is 10.6. The van der Waals surface area contributed by atoms with Crippen LogP contribution in [0.5, 0.6) is 0 Å². The van der Waals surface area contributed by atoms with Crippen molar-refractivity contribution in [1.82, 2.24) is 19.8 Å². The fraction of sp³-hybridized carbons (Fsp3) is 0.250. The van der Waals surface area contributed by atoms with Crippen LogP contribution in [0.1, 0.15) is 46.9 Å². The number of benzene rings is 1. The van der Waals surface area contributed by atoms with Gasteiger partial charge in [-0.2, -0.15) is 0 Å². The molecular formula is C28H28FN5O2S. The van der Waals surface area contributed by atoms with Gasteiger partial charge in [-0.1, -0.05) is 18.2 Å². The summed E-state index contributed by atoms with van der Waals surface area (Å²) < 4.78 is 21.8. The number of hydrogen-bond acceptors (Lipinski definition) is 4. The summed E-state index contributed by atoms with van der Waals surface area (Å²) in [7, 11) is 0. The summed E-state index contributed by atoms with van der Waals surface area (Å²) in [6, 6.07) is 17.6. The minimum atomic E-state index is -0.466. The Morgan fingerprint density at radius 1 is 1.16 bits per heavy atom. The van der Waals surface area contributed by atoms with Crippen LogP contribution in [0, 0.1) is 19.7 Å². The van der Waals surface area contributed by atoms with Crippen molar-refractivity contribution in [2.45, 2.75) is 38.9 Å². The third-order valence-corrected chi connectivity index (χ3v) is 7.10. The molecule has 1 aliphatic rings. The zero-order chi connectivity index (χ0) is 25.9. The maximum Gasteiger partial charge on any atom is 0.226 e. The molecule has 1 aromatic carbocycles. The lowest BCUT2D eigenvalue weighted by Gasteiger charge is -2.28. The van der Waals surface area contributed by atoms with Crippen molar-refractivity contribution in [2.75, 3.05) is 11.9 Å². The van der Waals surface area contributed by atoms with E-state index in [0.29, 0.717) is 18.2 Å². The number of nitrogens with zero attached hydrogens (tertiary/aromatic N) is 3. The van der Waals surface area contributed by atoms with Gasteiger partial charge in [-0.05, 0) is 74.1 Å². The molecule has 5 rings (SSSR count). The third kappa shape index (κ3) is 5.13. The highest BCUT2D eigenvalue weighted by Crippen LogP contribution is 2.41. The molecule has 0 saturated carbocycles. The maximum atomic E-state index is 14.0. The zero-order valence-electron chi connectivity index (χ0n) is 20.6. The Hall–Kier alpha value is -3.98. The normalized spacial score (nSPS) is 17.2. The van der Waals surface area contributed by atoms with E-state index >= 15 is 0 Å². The van der Waals surface area contributed by atoms with E-state index in [9.17, 15) is 9.18 Å². The molecule has 0 bridgehead atoms. The van der Waals surface area contributed by atoms with Gasteiger partial charge in [0.15, 0.2) is 5.11 Å². The van der Waals surface area contributed by atoms with Crippen LogP contribution in [-0.2, 0) is 11.3 Å². The van der Waals surface area contributed by atoms with E-state index in [4.69, 9.17) is 16.6 Å². The minimum absolute atomic E-state index is 0.146. The molecule has 1 fully saturated rings. The number of furan rings is 1. The first kappa shape index (κ1) is 24.7. The van der Waals surface area contributed by atoms with Crippen LogP contribution in [0.25, 0.3) is 0 Å². The van der Waals surface area contributed by atoms with E-state index in [1.54, 1.807) is 30.7 Å². The number of pyridine rings is 1. The van der Waals surface area contributed by atoms with Crippen LogP contribution in [0.3, 0.4) is 0 Å². The number of aromatic nitrogens is 2. The molecule has 1 aliphatic heterocycles. The Morgan fingerprint density at radius 2 is 1.97 bits per heavy atom. The van der Waals surface area contributed by atoms with Crippen molar-refractivity contribution in [3.05, 3.63) is 107 Å². The van der Waals surface area contributed by atoms with Gasteiger partial charge in [0.1, 0.15) is 11.6 Å². The number of thiocarbonyl (C=S) groups is 1. The van der Waals surface area contributed by atoms with Crippen molar-refractivity contribution in [1.29, 1.82) is 0 Å². The van der Waals surface area contributed by atoms with E-state index in [1.165, 1.54) is 6.07 Å². The van der Waals surface area contributed by atoms with Gasteiger partial charge in [0.25, 0.3) is 0 Å². The average Bonchev–Trinajstić information content (AvgIpc) is 3.60. The van der Waals surface area contributed by atoms with Crippen LogP contribution >= 0.6 is 12.2 Å². The molecule has 2 atom stereocenters. The van der Waals surface area contributed by atoms with Gasteiger partial charge in [-0.25, -0.2) is 4.39 Å². The molecule has 1 saturated heterocycles. The molecular weight excluding hydrogens is 489 g/mol. The van der Waals surface area contributed by atoms with E-state index in [1.807, 2.05) is 35.2 Å². The SMILES string of the molecule is Cc1cc([C@H]2[C@@H](c3ccccn3)NC(=S)N2CCC(=O)Nc2ccccc2F)c(C)n1Cc1ccco1. The quantitative estimate of drug-likeness (QED) is 0.310. The van der Waals surface area contributed by atoms with Crippen molar-refractivity contribution in [3.63, 3.8) is 0 Å². The van der Waals surface area contributed by atoms with Gasteiger partial charge in [0, 0.05) is 30.6 Å². The molecule has 2 N–H and O–H groups in total. The zero-order valence-corrected chi connectivity index (χ0v) is 21.5. The Bertz CT molecular complexity index is 1400. The largest absolute Gasteiger partial charge is 0.467 e. The van der Waals surface area contributed by atoms with Crippen molar-refractivity contribution < 1.29 is 13.6 Å². The number of rotatable bonds is 8. The highest BCUT2D eigenvalue weighted by molar-refractivity contribution is 7.80. The fourth-order valence-corrected chi connectivity index (χ4v) is 5.24. The highest BCUT2D eigenvalue weighted by Gasteiger charge is 2.41. The summed E-state index contributed by atoms with van der Waals surface area (Å²) in [6.45, 7) is 5.14.